The number of carbonyl (C=O) groups excluding carboxylic acids is 1. The van der Waals surface area contributed by atoms with Gasteiger partial charge in [0.05, 0.1) is 17.8 Å². The van der Waals surface area contributed by atoms with Crippen LogP contribution in [0.25, 0.3) is 0 Å². The zero-order valence-electron chi connectivity index (χ0n) is 14.5. The minimum atomic E-state index is -0.0123. The maximum Gasteiger partial charge on any atom is 0.223 e. The van der Waals surface area contributed by atoms with Gasteiger partial charge in [0.15, 0.2) is 0 Å². The highest BCUT2D eigenvalue weighted by atomic mass is 16.2. The van der Waals surface area contributed by atoms with E-state index in [9.17, 15) is 10.1 Å². The molecule has 0 saturated carbocycles. The Morgan fingerprint density at radius 3 is 3.00 bits per heavy atom. The number of rotatable bonds is 5. The summed E-state index contributed by atoms with van der Waals surface area (Å²) in [5.41, 5.74) is 1.57. The first-order chi connectivity index (χ1) is 12.1. The van der Waals surface area contributed by atoms with Crippen LogP contribution in [0.5, 0.6) is 0 Å². The fraction of sp³-hybridized carbons (Fsp3) is 0.444. The summed E-state index contributed by atoms with van der Waals surface area (Å²) in [5, 5.41) is 16.8. The van der Waals surface area contributed by atoms with Gasteiger partial charge in [0.1, 0.15) is 11.9 Å². The van der Waals surface area contributed by atoms with Gasteiger partial charge in [0, 0.05) is 50.4 Å². The SMILES string of the molecule is CCN1C(=O)CC[C@H](CNc2ncccc2C#N)[C@H]1c1cnn(C)c1. The molecule has 130 valence electrons. The number of carbonyl (C=O) groups is 1. The van der Waals surface area contributed by atoms with E-state index in [1.54, 1.807) is 23.0 Å². The smallest absolute Gasteiger partial charge is 0.223 e. The molecule has 1 saturated heterocycles. The van der Waals surface area contributed by atoms with Gasteiger partial charge in [0.25, 0.3) is 0 Å². The van der Waals surface area contributed by atoms with Gasteiger partial charge in [-0.2, -0.15) is 10.4 Å². The van der Waals surface area contributed by atoms with Crippen molar-refractivity contribution >= 4 is 11.7 Å². The Hall–Kier alpha value is -2.88. The third-order valence-electron chi connectivity index (χ3n) is 4.70. The van der Waals surface area contributed by atoms with E-state index in [0.717, 1.165) is 12.0 Å². The van der Waals surface area contributed by atoms with Gasteiger partial charge in [-0.25, -0.2) is 4.98 Å². The van der Waals surface area contributed by atoms with Crippen molar-refractivity contribution in [3.05, 3.63) is 41.9 Å². The molecular formula is C18H22N6O. The number of aryl methyl sites for hydroxylation is 1. The van der Waals surface area contributed by atoms with Crippen LogP contribution in [0.1, 0.15) is 36.9 Å². The molecule has 25 heavy (non-hydrogen) atoms. The summed E-state index contributed by atoms with van der Waals surface area (Å²) in [6, 6.07) is 5.64. The van der Waals surface area contributed by atoms with Crippen LogP contribution in [0.2, 0.25) is 0 Å². The second kappa shape index (κ2) is 7.34. The number of hydrogen-bond donors (Lipinski definition) is 1. The van der Waals surface area contributed by atoms with Crippen molar-refractivity contribution < 1.29 is 4.79 Å². The molecule has 7 heteroatoms. The van der Waals surface area contributed by atoms with E-state index in [-0.39, 0.29) is 17.9 Å². The minimum Gasteiger partial charge on any atom is -0.369 e. The average molecular weight is 338 g/mol. The molecule has 0 bridgehead atoms. The molecule has 1 N–H and O–H groups in total. The maximum atomic E-state index is 12.4. The van der Waals surface area contributed by atoms with Crippen molar-refractivity contribution in [2.45, 2.75) is 25.8 Å². The number of nitrogens with zero attached hydrogens (tertiary/aromatic N) is 5. The first-order valence-electron chi connectivity index (χ1n) is 8.51. The van der Waals surface area contributed by atoms with Gasteiger partial charge in [-0.15, -0.1) is 0 Å². The Bertz CT molecular complexity index is 793. The summed E-state index contributed by atoms with van der Waals surface area (Å²) >= 11 is 0. The molecule has 7 nitrogen and oxygen atoms in total. The molecule has 0 radical (unpaired) electrons. The molecule has 3 heterocycles. The molecular weight excluding hydrogens is 316 g/mol. The average Bonchev–Trinajstić information content (AvgIpc) is 3.06. The molecule has 1 aliphatic rings. The Balaban J connectivity index is 1.82. The lowest BCUT2D eigenvalue weighted by Crippen LogP contribution is -2.44. The number of amides is 1. The molecule has 1 fully saturated rings. The van der Waals surface area contributed by atoms with E-state index in [1.165, 1.54) is 0 Å². The maximum absolute atomic E-state index is 12.4. The highest BCUT2D eigenvalue weighted by Crippen LogP contribution is 2.36. The van der Waals surface area contributed by atoms with Crippen LogP contribution in [-0.4, -0.2) is 38.7 Å². The number of nitriles is 1. The van der Waals surface area contributed by atoms with E-state index < -0.39 is 0 Å². The first-order valence-corrected chi connectivity index (χ1v) is 8.51. The summed E-state index contributed by atoms with van der Waals surface area (Å²) in [5.74, 6) is 1.01. The van der Waals surface area contributed by atoms with Crippen molar-refractivity contribution in [3.8, 4) is 6.07 Å². The lowest BCUT2D eigenvalue weighted by Gasteiger charge is -2.40. The van der Waals surface area contributed by atoms with Gasteiger partial charge >= 0.3 is 0 Å². The normalized spacial score (nSPS) is 20.4. The lowest BCUT2D eigenvalue weighted by atomic mass is 9.85. The largest absolute Gasteiger partial charge is 0.369 e. The molecule has 0 aliphatic carbocycles. The summed E-state index contributed by atoms with van der Waals surface area (Å²) in [7, 11) is 1.88. The van der Waals surface area contributed by atoms with Gasteiger partial charge < -0.3 is 10.2 Å². The number of anilines is 1. The fourth-order valence-corrected chi connectivity index (χ4v) is 3.52. The summed E-state index contributed by atoms with van der Waals surface area (Å²) in [6.45, 7) is 3.32. The van der Waals surface area contributed by atoms with Gasteiger partial charge in [0.2, 0.25) is 5.91 Å². The second-order valence-corrected chi connectivity index (χ2v) is 6.26. The highest BCUT2D eigenvalue weighted by Gasteiger charge is 2.36. The Kier molecular flexibility index (Phi) is 4.98. The zero-order chi connectivity index (χ0) is 17.8. The Morgan fingerprint density at radius 2 is 2.32 bits per heavy atom. The van der Waals surface area contributed by atoms with Crippen molar-refractivity contribution in [2.75, 3.05) is 18.4 Å². The van der Waals surface area contributed by atoms with Crippen LogP contribution >= 0.6 is 0 Å². The monoisotopic (exact) mass is 338 g/mol. The topological polar surface area (TPSA) is 86.8 Å². The molecule has 0 spiro atoms. The van der Waals surface area contributed by atoms with Gasteiger partial charge in [-0.3, -0.25) is 9.48 Å². The lowest BCUT2D eigenvalue weighted by molar-refractivity contribution is -0.138. The molecule has 2 aromatic rings. The molecule has 2 aromatic heterocycles. The van der Waals surface area contributed by atoms with Crippen LogP contribution in [0, 0.1) is 17.2 Å². The molecule has 0 aromatic carbocycles. The summed E-state index contributed by atoms with van der Waals surface area (Å²) in [4.78, 5) is 18.5. The third kappa shape index (κ3) is 3.48. The molecule has 3 rings (SSSR count). The second-order valence-electron chi connectivity index (χ2n) is 6.26. The van der Waals surface area contributed by atoms with E-state index in [0.29, 0.717) is 30.9 Å². The summed E-state index contributed by atoms with van der Waals surface area (Å²) in [6.07, 6.45) is 6.83. The van der Waals surface area contributed by atoms with Crippen molar-refractivity contribution in [2.24, 2.45) is 13.0 Å². The number of nitrogens with one attached hydrogen (secondary N) is 1. The van der Waals surface area contributed by atoms with Crippen LogP contribution in [-0.2, 0) is 11.8 Å². The summed E-state index contributed by atoms with van der Waals surface area (Å²) < 4.78 is 1.76. The molecule has 0 unspecified atom stereocenters. The van der Waals surface area contributed by atoms with Crippen molar-refractivity contribution in [3.63, 3.8) is 0 Å². The quantitative estimate of drug-likeness (QED) is 0.902. The highest BCUT2D eigenvalue weighted by molar-refractivity contribution is 5.77. The first kappa shape index (κ1) is 17.0. The Labute approximate surface area is 147 Å². The molecule has 2 atom stereocenters. The number of piperidine rings is 1. The van der Waals surface area contributed by atoms with E-state index in [4.69, 9.17) is 0 Å². The Morgan fingerprint density at radius 1 is 1.48 bits per heavy atom. The van der Waals surface area contributed by atoms with Gasteiger partial charge in [-0.05, 0) is 25.5 Å². The minimum absolute atomic E-state index is 0.0123. The van der Waals surface area contributed by atoms with Gasteiger partial charge in [-0.1, -0.05) is 0 Å². The van der Waals surface area contributed by atoms with Crippen LogP contribution in [0.15, 0.2) is 30.7 Å². The standard InChI is InChI=1S/C18H22N6O/c1-3-24-16(25)7-6-14(17(24)15-11-22-23(2)12-15)10-21-18-13(9-19)5-4-8-20-18/h4-5,8,11-12,14,17H,3,6-7,10H2,1-2H3,(H,20,21)/t14-,17+/m1/s1. The van der Waals surface area contributed by atoms with Crippen molar-refractivity contribution in [1.29, 1.82) is 5.26 Å². The van der Waals surface area contributed by atoms with E-state index >= 15 is 0 Å². The predicted molar refractivity (Wildman–Crippen MR) is 93.5 cm³/mol. The third-order valence-corrected chi connectivity index (χ3v) is 4.70. The van der Waals surface area contributed by atoms with Crippen LogP contribution < -0.4 is 5.32 Å². The zero-order valence-corrected chi connectivity index (χ0v) is 14.5. The van der Waals surface area contributed by atoms with Crippen molar-refractivity contribution in [1.82, 2.24) is 19.7 Å². The van der Waals surface area contributed by atoms with E-state index in [2.05, 4.69) is 21.5 Å². The molecule has 1 amide bonds. The van der Waals surface area contributed by atoms with E-state index in [1.807, 2.05) is 31.3 Å². The predicted octanol–water partition coefficient (Wildman–Crippen LogP) is 2.10. The number of hydrogen-bond acceptors (Lipinski definition) is 5. The number of likely N-dealkylation sites (tertiary alicyclic amines) is 1. The number of pyridine rings is 1. The number of aromatic nitrogens is 3. The molecule has 1 aliphatic heterocycles. The fourth-order valence-electron chi connectivity index (χ4n) is 3.52. The van der Waals surface area contributed by atoms with Crippen LogP contribution in [0.3, 0.4) is 0 Å². The van der Waals surface area contributed by atoms with Crippen LogP contribution in [0.4, 0.5) is 5.82 Å².